The molecule has 2 rings (SSSR count). The number of likely N-dealkylation sites (N-methyl/N-ethyl adjacent to an activating group) is 1. The van der Waals surface area contributed by atoms with Gasteiger partial charge in [0.15, 0.2) is 0 Å². The number of amides is 1. The Kier molecular flexibility index (Phi) is 5.60. The molecule has 2 atom stereocenters. The van der Waals surface area contributed by atoms with Gasteiger partial charge in [-0.05, 0) is 32.9 Å². The highest BCUT2D eigenvalue weighted by molar-refractivity contribution is 5.81. The lowest BCUT2D eigenvalue weighted by atomic mass is 10.0. The summed E-state index contributed by atoms with van der Waals surface area (Å²) in [5.74, 6) is 0.264. The third kappa shape index (κ3) is 3.91. The third-order valence-corrected chi connectivity index (χ3v) is 4.17. The highest BCUT2D eigenvalue weighted by Crippen LogP contribution is 2.15. The maximum Gasteiger partial charge on any atom is 0.239 e. The topological polar surface area (TPSA) is 44.8 Å². The number of hydrogen-bond acceptors (Lipinski definition) is 4. The number of piperidine rings is 1. The monoisotopic (exact) mass is 269 g/mol. The van der Waals surface area contributed by atoms with E-state index in [1.807, 2.05) is 11.8 Å². The Morgan fingerprint density at radius 1 is 1.37 bits per heavy atom. The highest BCUT2D eigenvalue weighted by Gasteiger charge is 2.30. The molecule has 19 heavy (non-hydrogen) atoms. The maximum absolute atomic E-state index is 12.5. The molecule has 0 aromatic carbocycles. The van der Waals surface area contributed by atoms with Crippen molar-refractivity contribution in [1.29, 1.82) is 0 Å². The van der Waals surface area contributed by atoms with Crippen LogP contribution in [0.2, 0.25) is 0 Å². The van der Waals surface area contributed by atoms with Gasteiger partial charge in [0.25, 0.3) is 0 Å². The van der Waals surface area contributed by atoms with Gasteiger partial charge in [-0.2, -0.15) is 0 Å². The zero-order valence-corrected chi connectivity index (χ0v) is 12.2. The van der Waals surface area contributed by atoms with Crippen molar-refractivity contribution in [2.45, 2.75) is 38.8 Å². The van der Waals surface area contributed by atoms with Crippen LogP contribution in [-0.4, -0.2) is 73.7 Å². The molecule has 0 radical (unpaired) electrons. The Morgan fingerprint density at radius 2 is 2.11 bits per heavy atom. The number of morpholine rings is 1. The van der Waals surface area contributed by atoms with Crippen LogP contribution in [0.4, 0.5) is 0 Å². The minimum atomic E-state index is -0.000411. The Morgan fingerprint density at radius 3 is 2.79 bits per heavy atom. The number of rotatable bonds is 4. The van der Waals surface area contributed by atoms with Gasteiger partial charge in [0.1, 0.15) is 0 Å². The minimum Gasteiger partial charge on any atom is -0.378 e. The average Bonchev–Trinajstić information content (AvgIpc) is 2.47. The predicted molar refractivity (Wildman–Crippen MR) is 75.1 cm³/mol. The van der Waals surface area contributed by atoms with E-state index in [1.54, 1.807) is 0 Å². The summed E-state index contributed by atoms with van der Waals surface area (Å²) in [7, 11) is 0. The Labute approximate surface area is 116 Å². The molecule has 0 bridgehead atoms. The van der Waals surface area contributed by atoms with Crippen LogP contribution in [0.5, 0.6) is 0 Å². The summed E-state index contributed by atoms with van der Waals surface area (Å²) in [6.07, 6.45) is 2.40. The van der Waals surface area contributed by atoms with E-state index in [2.05, 4.69) is 17.1 Å². The zero-order valence-electron chi connectivity index (χ0n) is 12.2. The largest absolute Gasteiger partial charge is 0.378 e. The van der Waals surface area contributed by atoms with Crippen molar-refractivity contribution in [3.05, 3.63) is 0 Å². The molecule has 2 aliphatic rings. The summed E-state index contributed by atoms with van der Waals surface area (Å²) in [6.45, 7) is 10.1. The second-order valence-electron chi connectivity index (χ2n) is 5.51. The SMILES string of the molecule is CCNC1CCCN(C(C)C(=O)N2CCOCC2)C1. The lowest BCUT2D eigenvalue weighted by Crippen LogP contribution is -2.55. The summed E-state index contributed by atoms with van der Waals surface area (Å²) in [6, 6.07) is 0.540. The molecule has 1 amide bonds. The van der Waals surface area contributed by atoms with E-state index in [9.17, 15) is 4.79 Å². The van der Waals surface area contributed by atoms with Crippen molar-refractivity contribution in [1.82, 2.24) is 15.1 Å². The van der Waals surface area contributed by atoms with Gasteiger partial charge in [0, 0.05) is 25.7 Å². The smallest absolute Gasteiger partial charge is 0.239 e. The van der Waals surface area contributed by atoms with Crippen molar-refractivity contribution < 1.29 is 9.53 Å². The molecule has 2 heterocycles. The molecular formula is C14H27N3O2. The van der Waals surface area contributed by atoms with Crippen molar-refractivity contribution >= 4 is 5.91 Å². The Balaban J connectivity index is 1.86. The molecule has 2 aliphatic heterocycles. The Hall–Kier alpha value is -0.650. The number of carbonyl (C=O) groups is 1. The van der Waals surface area contributed by atoms with Crippen LogP contribution >= 0.6 is 0 Å². The fourth-order valence-corrected chi connectivity index (χ4v) is 3.02. The standard InChI is InChI=1S/C14H27N3O2/c1-3-15-13-5-4-6-17(11-13)12(2)14(18)16-7-9-19-10-8-16/h12-13,15H,3-11H2,1-2H3. The van der Waals surface area contributed by atoms with Gasteiger partial charge in [-0.25, -0.2) is 0 Å². The zero-order chi connectivity index (χ0) is 13.7. The molecule has 1 N–H and O–H groups in total. The van der Waals surface area contributed by atoms with E-state index >= 15 is 0 Å². The van der Waals surface area contributed by atoms with Gasteiger partial charge in [-0.15, -0.1) is 0 Å². The summed E-state index contributed by atoms with van der Waals surface area (Å²) >= 11 is 0. The summed E-state index contributed by atoms with van der Waals surface area (Å²) < 4.78 is 5.31. The molecule has 0 aromatic rings. The van der Waals surface area contributed by atoms with E-state index in [-0.39, 0.29) is 11.9 Å². The van der Waals surface area contributed by atoms with E-state index in [0.29, 0.717) is 19.3 Å². The van der Waals surface area contributed by atoms with Crippen LogP contribution < -0.4 is 5.32 Å². The second kappa shape index (κ2) is 7.22. The molecule has 5 nitrogen and oxygen atoms in total. The second-order valence-corrected chi connectivity index (χ2v) is 5.51. The fraction of sp³-hybridized carbons (Fsp3) is 0.929. The van der Waals surface area contributed by atoms with Gasteiger partial charge < -0.3 is 15.0 Å². The fourth-order valence-electron chi connectivity index (χ4n) is 3.02. The van der Waals surface area contributed by atoms with E-state index in [4.69, 9.17) is 4.74 Å². The first-order valence-electron chi connectivity index (χ1n) is 7.56. The molecule has 110 valence electrons. The lowest BCUT2D eigenvalue weighted by molar-refractivity contribution is -0.141. The normalized spacial score (nSPS) is 27.3. The predicted octanol–water partition coefficient (Wildman–Crippen LogP) is 0.308. The van der Waals surface area contributed by atoms with Crippen LogP contribution in [0.1, 0.15) is 26.7 Å². The van der Waals surface area contributed by atoms with Gasteiger partial charge in [-0.1, -0.05) is 6.92 Å². The number of carbonyl (C=O) groups excluding carboxylic acids is 1. The molecule has 2 fully saturated rings. The third-order valence-electron chi connectivity index (χ3n) is 4.17. The molecule has 0 aliphatic carbocycles. The number of hydrogen-bond donors (Lipinski definition) is 1. The van der Waals surface area contributed by atoms with E-state index in [0.717, 1.165) is 32.7 Å². The molecule has 2 saturated heterocycles. The van der Waals surface area contributed by atoms with E-state index in [1.165, 1.54) is 12.8 Å². The number of ether oxygens (including phenoxy) is 1. The van der Waals surface area contributed by atoms with Gasteiger partial charge in [-0.3, -0.25) is 9.69 Å². The molecule has 0 aromatic heterocycles. The molecule has 0 spiro atoms. The van der Waals surface area contributed by atoms with Gasteiger partial charge in [0.05, 0.1) is 19.3 Å². The first-order chi connectivity index (χ1) is 9.22. The minimum absolute atomic E-state index is 0.000411. The van der Waals surface area contributed by atoms with Gasteiger partial charge >= 0.3 is 0 Å². The molecule has 2 unspecified atom stereocenters. The Bertz CT molecular complexity index is 290. The summed E-state index contributed by atoms with van der Waals surface area (Å²) in [5, 5.41) is 3.50. The van der Waals surface area contributed by atoms with Crippen molar-refractivity contribution in [2.24, 2.45) is 0 Å². The van der Waals surface area contributed by atoms with Crippen LogP contribution in [-0.2, 0) is 9.53 Å². The number of nitrogens with one attached hydrogen (secondary N) is 1. The van der Waals surface area contributed by atoms with Gasteiger partial charge in [0.2, 0.25) is 5.91 Å². The molecule has 5 heteroatoms. The van der Waals surface area contributed by atoms with Crippen molar-refractivity contribution in [2.75, 3.05) is 45.9 Å². The summed E-state index contributed by atoms with van der Waals surface area (Å²) in [4.78, 5) is 16.7. The van der Waals surface area contributed by atoms with Crippen LogP contribution in [0.25, 0.3) is 0 Å². The van der Waals surface area contributed by atoms with Crippen LogP contribution in [0.15, 0.2) is 0 Å². The average molecular weight is 269 g/mol. The number of nitrogens with zero attached hydrogens (tertiary/aromatic N) is 2. The summed E-state index contributed by atoms with van der Waals surface area (Å²) in [5.41, 5.74) is 0. The van der Waals surface area contributed by atoms with Crippen LogP contribution in [0.3, 0.4) is 0 Å². The molecule has 0 saturated carbocycles. The first-order valence-corrected chi connectivity index (χ1v) is 7.56. The molecular weight excluding hydrogens is 242 g/mol. The van der Waals surface area contributed by atoms with Crippen LogP contribution in [0, 0.1) is 0 Å². The maximum atomic E-state index is 12.5. The highest BCUT2D eigenvalue weighted by atomic mass is 16.5. The quantitative estimate of drug-likeness (QED) is 0.798. The number of likely N-dealkylation sites (tertiary alicyclic amines) is 1. The van der Waals surface area contributed by atoms with Crippen molar-refractivity contribution in [3.63, 3.8) is 0 Å². The first kappa shape index (κ1) is 14.8. The van der Waals surface area contributed by atoms with Crippen molar-refractivity contribution in [3.8, 4) is 0 Å². The lowest BCUT2D eigenvalue weighted by Gasteiger charge is -2.39. The van der Waals surface area contributed by atoms with E-state index < -0.39 is 0 Å².